The van der Waals surface area contributed by atoms with Crippen molar-refractivity contribution in [3.8, 4) is 0 Å². The van der Waals surface area contributed by atoms with Crippen LogP contribution in [-0.4, -0.2) is 30.0 Å². The molecular formula is C8H16N2O2S. The third-order valence-electron chi connectivity index (χ3n) is 1.66. The van der Waals surface area contributed by atoms with Crippen molar-refractivity contribution in [3.63, 3.8) is 0 Å². The monoisotopic (exact) mass is 204 g/mol. The first kappa shape index (κ1) is 12.4. The molecule has 0 aromatic carbocycles. The van der Waals surface area contributed by atoms with Crippen molar-refractivity contribution >= 4 is 24.3 Å². The number of primary amides is 1. The second-order valence-corrected chi connectivity index (χ2v) is 3.23. The van der Waals surface area contributed by atoms with Gasteiger partial charge in [0.15, 0.2) is 0 Å². The van der Waals surface area contributed by atoms with Gasteiger partial charge in [0.1, 0.15) is 5.78 Å². The zero-order chi connectivity index (χ0) is 10.3. The Morgan fingerprint density at radius 2 is 2.15 bits per heavy atom. The molecule has 0 radical (unpaired) electrons. The largest absolute Gasteiger partial charge is 0.370 e. The van der Waals surface area contributed by atoms with Crippen LogP contribution in [0.15, 0.2) is 0 Å². The van der Waals surface area contributed by atoms with Crippen LogP contribution in [0, 0.1) is 0 Å². The number of hydrogen-bond donors (Lipinski definition) is 3. The van der Waals surface area contributed by atoms with Crippen molar-refractivity contribution in [2.45, 2.75) is 25.8 Å². The van der Waals surface area contributed by atoms with Crippen LogP contribution in [-0.2, 0) is 9.59 Å². The summed E-state index contributed by atoms with van der Waals surface area (Å²) in [4.78, 5) is 21.3. The molecule has 0 aromatic rings. The first-order valence-corrected chi connectivity index (χ1v) is 4.84. The van der Waals surface area contributed by atoms with Crippen LogP contribution in [0.4, 0.5) is 0 Å². The van der Waals surface area contributed by atoms with E-state index in [2.05, 4.69) is 17.9 Å². The highest BCUT2D eigenvalue weighted by atomic mass is 32.1. The summed E-state index contributed by atoms with van der Waals surface area (Å²) in [6, 6.07) is -0.212. The van der Waals surface area contributed by atoms with Crippen molar-refractivity contribution in [2.75, 3.05) is 12.3 Å². The number of carbonyl (C=O) groups is 2. The van der Waals surface area contributed by atoms with E-state index in [9.17, 15) is 9.59 Å². The van der Waals surface area contributed by atoms with Gasteiger partial charge in [-0.3, -0.25) is 9.59 Å². The summed E-state index contributed by atoms with van der Waals surface area (Å²) in [5.41, 5.74) is 4.95. The number of thiol groups is 1. The van der Waals surface area contributed by atoms with Gasteiger partial charge in [0.05, 0.1) is 6.04 Å². The summed E-state index contributed by atoms with van der Waals surface area (Å²) in [5.74, 6) is 0.229. The van der Waals surface area contributed by atoms with E-state index >= 15 is 0 Å². The molecule has 0 aromatic heterocycles. The number of hydrogen-bond acceptors (Lipinski definition) is 4. The number of Topliss-reactive ketones (excluding diaryl/α,β-unsaturated/α-hetero) is 1. The molecule has 0 unspecified atom stereocenters. The maximum absolute atomic E-state index is 10.9. The summed E-state index contributed by atoms with van der Waals surface area (Å²) < 4.78 is 0. The molecule has 4 nitrogen and oxygen atoms in total. The van der Waals surface area contributed by atoms with Gasteiger partial charge in [-0.2, -0.15) is 12.6 Å². The van der Waals surface area contributed by atoms with E-state index < -0.39 is 0 Å². The second kappa shape index (κ2) is 6.91. The van der Waals surface area contributed by atoms with Crippen LogP contribution in [0.5, 0.6) is 0 Å². The van der Waals surface area contributed by atoms with Crippen molar-refractivity contribution in [1.82, 2.24) is 5.32 Å². The van der Waals surface area contributed by atoms with Crippen LogP contribution >= 0.6 is 12.6 Å². The van der Waals surface area contributed by atoms with Gasteiger partial charge in [-0.15, -0.1) is 0 Å². The molecule has 0 aliphatic heterocycles. The molecule has 0 bridgehead atoms. The van der Waals surface area contributed by atoms with E-state index in [1.54, 1.807) is 0 Å². The molecule has 1 atom stereocenters. The highest BCUT2D eigenvalue weighted by Crippen LogP contribution is 1.92. The fourth-order valence-electron chi connectivity index (χ4n) is 0.876. The molecule has 3 N–H and O–H groups in total. The molecule has 0 heterocycles. The van der Waals surface area contributed by atoms with E-state index in [1.807, 2.05) is 0 Å². The summed E-state index contributed by atoms with van der Waals surface area (Å²) in [7, 11) is 0. The summed E-state index contributed by atoms with van der Waals surface area (Å²) in [6.45, 7) is 2.13. The molecule has 0 aliphatic rings. The molecule has 0 saturated carbocycles. The minimum Gasteiger partial charge on any atom is -0.370 e. The molecule has 13 heavy (non-hydrogen) atoms. The van der Waals surface area contributed by atoms with Gasteiger partial charge in [0, 0.05) is 12.2 Å². The number of ketones is 1. The van der Waals surface area contributed by atoms with Gasteiger partial charge in [0.2, 0.25) is 5.91 Å². The quantitative estimate of drug-likeness (QED) is 0.395. The average Bonchev–Trinajstić information content (AvgIpc) is 2.03. The van der Waals surface area contributed by atoms with Crippen molar-refractivity contribution in [1.29, 1.82) is 0 Å². The Labute approximate surface area is 83.7 Å². The second-order valence-electron chi connectivity index (χ2n) is 2.87. The number of rotatable bonds is 7. The Hall–Kier alpha value is -0.550. The highest BCUT2D eigenvalue weighted by molar-refractivity contribution is 7.80. The lowest BCUT2D eigenvalue weighted by atomic mass is 10.2. The van der Waals surface area contributed by atoms with Gasteiger partial charge in [-0.1, -0.05) is 0 Å². The molecule has 1 amide bonds. The Balaban J connectivity index is 3.50. The topological polar surface area (TPSA) is 72.2 Å². The SMILES string of the molecule is CC(=O)[C@H](CS)NCCCC(N)=O. The Morgan fingerprint density at radius 1 is 1.54 bits per heavy atom. The minimum atomic E-state index is -0.313. The first-order chi connectivity index (χ1) is 6.07. The smallest absolute Gasteiger partial charge is 0.217 e. The zero-order valence-corrected chi connectivity index (χ0v) is 8.64. The molecular weight excluding hydrogens is 188 g/mol. The summed E-state index contributed by atoms with van der Waals surface area (Å²) in [5, 5.41) is 2.99. The number of carbonyl (C=O) groups excluding carboxylic acids is 2. The Kier molecular flexibility index (Phi) is 6.62. The Morgan fingerprint density at radius 3 is 2.54 bits per heavy atom. The predicted octanol–water partition coefficient (Wildman–Crippen LogP) is -0.271. The molecule has 0 saturated heterocycles. The van der Waals surface area contributed by atoms with Crippen LogP contribution in [0.3, 0.4) is 0 Å². The maximum Gasteiger partial charge on any atom is 0.217 e. The summed E-state index contributed by atoms with van der Waals surface area (Å²) >= 11 is 4.02. The normalized spacial score (nSPS) is 12.5. The fourth-order valence-corrected chi connectivity index (χ4v) is 1.26. The van der Waals surface area contributed by atoms with Crippen LogP contribution in [0.25, 0.3) is 0 Å². The maximum atomic E-state index is 10.9. The van der Waals surface area contributed by atoms with Gasteiger partial charge in [-0.05, 0) is 19.9 Å². The van der Waals surface area contributed by atoms with Gasteiger partial charge in [0.25, 0.3) is 0 Å². The number of nitrogens with one attached hydrogen (secondary N) is 1. The molecule has 0 fully saturated rings. The average molecular weight is 204 g/mol. The van der Waals surface area contributed by atoms with E-state index in [-0.39, 0.29) is 17.7 Å². The van der Waals surface area contributed by atoms with E-state index in [0.717, 1.165) is 0 Å². The Bertz CT molecular complexity index is 185. The van der Waals surface area contributed by atoms with Crippen molar-refractivity contribution < 1.29 is 9.59 Å². The molecule has 0 rings (SSSR count). The van der Waals surface area contributed by atoms with Gasteiger partial charge in [-0.25, -0.2) is 0 Å². The first-order valence-electron chi connectivity index (χ1n) is 4.21. The lowest BCUT2D eigenvalue weighted by Crippen LogP contribution is -2.37. The third-order valence-corrected chi connectivity index (χ3v) is 2.03. The van der Waals surface area contributed by atoms with E-state index in [0.29, 0.717) is 25.1 Å². The predicted molar refractivity (Wildman–Crippen MR) is 54.8 cm³/mol. The number of nitrogens with two attached hydrogens (primary N) is 1. The third kappa shape index (κ3) is 6.60. The van der Waals surface area contributed by atoms with Gasteiger partial charge >= 0.3 is 0 Å². The molecule has 0 spiro atoms. The molecule has 76 valence electrons. The molecule has 0 aliphatic carbocycles. The lowest BCUT2D eigenvalue weighted by Gasteiger charge is -2.12. The highest BCUT2D eigenvalue weighted by Gasteiger charge is 2.10. The minimum absolute atomic E-state index is 0.0640. The lowest BCUT2D eigenvalue weighted by molar-refractivity contribution is -0.118. The zero-order valence-electron chi connectivity index (χ0n) is 7.75. The molecule has 5 heteroatoms. The van der Waals surface area contributed by atoms with Crippen molar-refractivity contribution in [3.05, 3.63) is 0 Å². The van der Waals surface area contributed by atoms with E-state index in [4.69, 9.17) is 5.73 Å². The van der Waals surface area contributed by atoms with Crippen molar-refractivity contribution in [2.24, 2.45) is 5.73 Å². The van der Waals surface area contributed by atoms with E-state index in [1.165, 1.54) is 6.92 Å². The van der Waals surface area contributed by atoms with Crippen LogP contribution in [0.1, 0.15) is 19.8 Å². The summed E-state index contributed by atoms with van der Waals surface area (Å²) in [6.07, 6.45) is 1.01. The standard InChI is InChI=1S/C8H16N2O2S/c1-6(11)7(5-13)10-4-2-3-8(9)12/h7,10,13H,2-5H2,1H3,(H2,9,12)/t7-/m0/s1. The fraction of sp³-hybridized carbons (Fsp3) is 0.750. The van der Waals surface area contributed by atoms with Crippen LogP contribution < -0.4 is 11.1 Å². The van der Waals surface area contributed by atoms with Crippen LogP contribution in [0.2, 0.25) is 0 Å². The van der Waals surface area contributed by atoms with Gasteiger partial charge < -0.3 is 11.1 Å². The number of amides is 1.